The third kappa shape index (κ3) is 3.77. The fourth-order valence-corrected chi connectivity index (χ4v) is 3.97. The Morgan fingerprint density at radius 3 is 2.70 bits per heavy atom. The van der Waals surface area contributed by atoms with Crippen LogP contribution in [0.15, 0.2) is 48.7 Å². The summed E-state index contributed by atoms with van der Waals surface area (Å²) in [5, 5.41) is 11.1. The minimum atomic E-state index is -0.0400. The molecule has 1 aromatic heterocycles. The molecule has 0 N–H and O–H groups in total. The summed E-state index contributed by atoms with van der Waals surface area (Å²) in [5.74, 6) is 0.566. The van der Waals surface area contributed by atoms with Crippen LogP contribution in [-0.2, 0) is 0 Å². The lowest BCUT2D eigenvalue weighted by atomic mass is 10.1. The smallest absolute Gasteiger partial charge is 0.257 e. The number of anilines is 1. The average Bonchev–Trinajstić information content (AvgIpc) is 2.78. The number of amides is 1. The first-order chi connectivity index (χ1) is 14.6. The zero-order valence-corrected chi connectivity index (χ0v) is 17.4. The zero-order chi connectivity index (χ0) is 21.1. The van der Waals surface area contributed by atoms with Crippen LogP contribution in [0.2, 0.25) is 5.02 Å². The van der Waals surface area contributed by atoms with Crippen molar-refractivity contribution in [2.24, 2.45) is 0 Å². The Bertz CT molecular complexity index is 1130. The summed E-state index contributed by atoms with van der Waals surface area (Å²) in [6.07, 6.45) is 1.60. The van der Waals surface area contributed by atoms with Crippen LogP contribution in [0.4, 0.5) is 5.69 Å². The molecule has 0 aliphatic carbocycles. The molecule has 0 spiro atoms. The highest BCUT2D eigenvalue weighted by molar-refractivity contribution is 6.31. The number of halogens is 1. The number of ether oxygens (including phenoxy) is 1. The van der Waals surface area contributed by atoms with Crippen molar-refractivity contribution in [2.75, 3.05) is 37.7 Å². The Kier molecular flexibility index (Phi) is 5.73. The number of pyridine rings is 1. The second kappa shape index (κ2) is 8.60. The Morgan fingerprint density at radius 2 is 1.97 bits per heavy atom. The van der Waals surface area contributed by atoms with Crippen molar-refractivity contribution < 1.29 is 9.53 Å². The molecule has 0 radical (unpaired) electrons. The molecule has 1 fully saturated rings. The molecule has 0 saturated carbocycles. The number of hydrogen-bond acceptors (Lipinski definition) is 5. The van der Waals surface area contributed by atoms with E-state index in [1.165, 1.54) is 0 Å². The van der Waals surface area contributed by atoms with Crippen LogP contribution in [0.5, 0.6) is 5.75 Å². The lowest BCUT2D eigenvalue weighted by molar-refractivity contribution is 0.0742. The first-order valence-corrected chi connectivity index (χ1v) is 10.2. The normalized spacial score (nSPS) is 13.9. The maximum atomic E-state index is 13.1. The molecule has 1 aliphatic heterocycles. The van der Waals surface area contributed by atoms with Crippen molar-refractivity contribution in [3.05, 3.63) is 64.8 Å². The number of para-hydroxylation sites is 1. The summed E-state index contributed by atoms with van der Waals surface area (Å²) >= 11 is 6.20. The molecule has 3 aromatic rings. The molecule has 7 heteroatoms. The van der Waals surface area contributed by atoms with Crippen molar-refractivity contribution in [1.82, 2.24) is 9.88 Å². The van der Waals surface area contributed by atoms with Crippen LogP contribution in [0.1, 0.15) is 22.8 Å². The predicted octanol–water partition coefficient (Wildman–Crippen LogP) is 4.12. The maximum absolute atomic E-state index is 13.1. The van der Waals surface area contributed by atoms with E-state index in [1.54, 1.807) is 18.3 Å². The molecule has 1 amide bonds. The van der Waals surface area contributed by atoms with Gasteiger partial charge < -0.3 is 14.5 Å². The fraction of sp³-hybridized carbons (Fsp3) is 0.261. The summed E-state index contributed by atoms with van der Waals surface area (Å²) in [5.41, 5.74) is 2.70. The first-order valence-electron chi connectivity index (χ1n) is 9.86. The monoisotopic (exact) mass is 420 g/mol. The Hall–Kier alpha value is -3.30. The molecule has 0 unspecified atom stereocenters. The summed E-state index contributed by atoms with van der Waals surface area (Å²) in [7, 11) is 0. The summed E-state index contributed by atoms with van der Waals surface area (Å²) in [6, 6.07) is 15.1. The first kappa shape index (κ1) is 20.0. The zero-order valence-electron chi connectivity index (χ0n) is 16.6. The Morgan fingerprint density at radius 1 is 1.20 bits per heavy atom. The highest BCUT2D eigenvalue weighted by atomic mass is 35.5. The minimum absolute atomic E-state index is 0.0400. The molecule has 152 valence electrons. The van der Waals surface area contributed by atoms with Gasteiger partial charge in [-0.05, 0) is 37.3 Å². The number of nitriles is 1. The number of benzene rings is 2. The number of carbonyl (C=O) groups is 1. The van der Waals surface area contributed by atoms with Gasteiger partial charge in [0.05, 0.1) is 28.9 Å². The molecule has 1 aliphatic rings. The molecule has 2 heterocycles. The Labute approximate surface area is 180 Å². The van der Waals surface area contributed by atoms with Crippen LogP contribution >= 0.6 is 11.6 Å². The van der Waals surface area contributed by atoms with Crippen molar-refractivity contribution >= 4 is 34.1 Å². The molecule has 1 saturated heterocycles. The van der Waals surface area contributed by atoms with Crippen molar-refractivity contribution in [1.29, 1.82) is 5.26 Å². The number of hydrogen-bond donors (Lipinski definition) is 0. The van der Waals surface area contributed by atoms with Crippen molar-refractivity contribution in [2.45, 2.75) is 6.92 Å². The second-order valence-electron chi connectivity index (χ2n) is 7.00. The van der Waals surface area contributed by atoms with E-state index in [-0.39, 0.29) is 5.91 Å². The number of piperazine rings is 1. The molecule has 30 heavy (non-hydrogen) atoms. The summed E-state index contributed by atoms with van der Waals surface area (Å²) in [4.78, 5) is 21.4. The van der Waals surface area contributed by atoms with Gasteiger partial charge in [0.1, 0.15) is 11.8 Å². The van der Waals surface area contributed by atoms with E-state index in [0.29, 0.717) is 54.7 Å². The van der Waals surface area contributed by atoms with Gasteiger partial charge in [0, 0.05) is 42.8 Å². The number of rotatable bonds is 4. The quantitative estimate of drug-likeness (QED) is 0.635. The lowest BCUT2D eigenvalue weighted by Gasteiger charge is -2.37. The minimum Gasteiger partial charge on any atom is -0.493 e. The number of carbonyl (C=O) groups excluding carboxylic acids is 1. The van der Waals surface area contributed by atoms with Crippen LogP contribution in [0.25, 0.3) is 10.9 Å². The Balaban J connectivity index is 1.58. The van der Waals surface area contributed by atoms with Gasteiger partial charge in [0.15, 0.2) is 0 Å². The molecular weight excluding hydrogens is 400 g/mol. The molecule has 2 aromatic carbocycles. The molecule has 0 atom stereocenters. The number of fused-ring (bicyclic) bond motifs is 1. The van der Waals surface area contributed by atoms with Gasteiger partial charge in [-0.15, -0.1) is 0 Å². The van der Waals surface area contributed by atoms with E-state index in [0.717, 1.165) is 16.6 Å². The average molecular weight is 421 g/mol. The standard InChI is InChI=1S/C23H21ClN4O2/c1-2-30-21-6-4-3-5-18(21)23(29)28-11-9-27(10-12-28)22-16(14-25)15-26-20-8-7-17(24)13-19(20)22/h3-8,13,15H,2,9-12H2,1H3. The fourth-order valence-electron chi connectivity index (χ4n) is 3.80. The summed E-state index contributed by atoms with van der Waals surface area (Å²) < 4.78 is 5.62. The van der Waals surface area contributed by atoms with Gasteiger partial charge in [-0.1, -0.05) is 23.7 Å². The number of nitrogens with zero attached hydrogens (tertiary/aromatic N) is 4. The van der Waals surface area contributed by atoms with Crippen molar-refractivity contribution in [3.8, 4) is 11.8 Å². The van der Waals surface area contributed by atoms with E-state index in [1.807, 2.05) is 42.2 Å². The van der Waals surface area contributed by atoms with Crippen molar-refractivity contribution in [3.63, 3.8) is 0 Å². The maximum Gasteiger partial charge on any atom is 0.257 e. The highest BCUT2D eigenvalue weighted by Crippen LogP contribution is 2.32. The molecule has 0 bridgehead atoms. The van der Waals surface area contributed by atoms with E-state index in [9.17, 15) is 10.1 Å². The topological polar surface area (TPSA) is 69.5 Å². The van der Waals surface area contributed by atoms with E-state index in [2.05, 4.69) is 16.0 Å². The second-order valence-corrected chi connectivity index (χ2v) is 7.44. The third-order valence-electron chi connectivity index (χ3n) is 5.22. The molecule has 6 nitrogen and oxygen atoms in total. The van der Waals surface area contributed by atoms with Gasteiger partial charge >= 0.3 is 0 Å². The van der Waals surface area contributed by atoms with Crippen LogP contribution in [0.3, 0.4) is 0 Å². The third-order valence-corrected chi connectivity index (χ3v) is 5.46. The largest absolute Gasteiger partial charge is 0.493 e. The predicted molar refractivity (Wildman–Crippen MR) is 117 cm³/mol. The van der Waals surface area contributed by atoms with Gasteiger partial charge in [0.2, 0.25) is 0 Å². The van der Waals surface area contributed by atoms with Gasteiger partial charge in [-0.2, -0.15) is 5.26 Å². The van der Waals surface area contributed by atoms with Crippen LogP contribution < -0.4 is 9.64 Å². The summed E-state index contributed by atoms with van der Waals surface area (Å²) in [6.45, 7) is 4.74. The SMILES string of the molecule is CCOc1ccccc1C(=O)N1CCN(c2c(C#N)cnc3ccc(Cl)cc23)CC1. The van der Waals surface area contributed by atoms with Gasteiger partial charge in [-0.3, -0.25) is 9.78 Å². The van der Waals surface area contributed by atoms with E-state index >= 15 is 0 Å². The van der Waals surface area contributed by atoms with E-state index in [4.69, 9.17) is 16.3 Å². The number of aromatic nitrogens is 1. The highest BCUT2D eigenvalue weighted by Gasteiger charge is 2.26. The van der Waals surface area contributed by atoms with Gasteiger partial charge in [-0.25, -0.2) is 0 Å². The molecular formula is C23H21ClN4O2. The van der Waals surface area contributed by atoms with Crippen LogP contribution in [-0.4, -0.2) is 48.6 Å². The van der Waals surface area contributed by atoms with Crippen LogP contribution in [0, 0.1) is 11.3 Å². The van der Waals surface area contributed by atoms with E-state index < -0.39 is 0 Å². The van der Waals surface area contributed by atoms with Gasteiger partial charge in [0.25, 0.3) is 5.91 Å². The lowest BCUT2D eigenvalue weighted by Crippen LogP contribution is -2.49. The molecule has 4 rings (SSSR count).